The smallest absolute Gasteiger partial charge is 0.326 e. The molecule has 190 valence electrons. The van der Waals surface area contributed by atoms with Crippen LogP contribution in [-0.2, 0) is 22.4 Å². The lowest BCUT2D eigenvalue weighted by Crippen LogP contribution is -2.42. The van der Waals surface area contributed by atoms with Crippen molar-refractivity contribution in [2.45, 2.75) is 18.9 Å². The van der Waals surface area contributed by atoms with E-state index in [2.05, 4.69) is 15.6 Å². The van der Waals surface area contributed by atoms with Gasteiger partial charge in [0.2, 0.25) is 0 Å². The van der Waals surface area contributed by atoms with Gasteiger partial charge < -0.3 is 25.2 Å². The number of carboxylic acid groups (broad SMARTS) is 1. The van der Waals surface area contributed by atoms with Crippen LogP contribution in [-0.4, -0.2) is 54.9 Å². The number of benzene rings is 2. The molecule has 3 N–H and O–H groups in total. The molecule has 0 aliphatic rings. The highest BCUT2D eigenvalue weighted by Crippen LogP contribution is 2.24. The Labute approximate surface area is 219 Å². The minimum absolute atomic E-state index is 0.0432. The van der Waals surface area contributed by atoms with Crippen molar-refractivity contribution in [3.63, 3.8) is 0 Å². The quantitative estimate of drug-likeness (QED) is 0.278. The van der Waals surface area contributed by atoms with Crippen molar-refractivity contribution < 1.29 is 24.2 Å². The van der Waals surface area contributed by atoms with E-state index in [0.717, 1.165) is 17.1 Å². The van der Waals surface area contributed by atoms with E-state index in [1.54, 1.807) is 37.4 Å². The van der Waals surface area contributed by atoms with Crippen LogP contribution in [0.2, 0.25) is 10.0 Å². The zero-order chi connectivity index (χ0) is 25.9. The summed E-state index contributed by atoms with van der Waals surface area (Å²) in [6.45, 7) is 1.70. The number of anilines is 1. The fraction of sp³-hybridized carbons (Fsp3) is 0.269. The second-order valence-electron chi connectivity index (χ2n) is 7.84. The minimum atomic E-state index is -1.17. The number of carbonyl (C=O) groups excluding carboxylic acids is 1. The van der Waals surface area contributed by atoms with Crippen LogP contribution < -0.4 is 15.4 Å². The molecule has 0 bridgehead atoms. The number of halogens is 2. The summed E-state index contributed by atoms with van der Waals surface area (Å²) in [5.74, 6) is -0.388. The van der Waals surface area contributed by atoms with Crippen molar-refractivity contribution in [1.82, 2.24) is 10.3 Å². The van der Waals surface area contributed by atoms with Crippen LogP contribution in [0.5, 0.6) is 5.75 Å². The van der Waals surface area contributed by atoms with Gasteiger partial charge in [-0.25, -0.2) is 9.78 Å². The van der Waals surface area contributed by atoms with Crippen LogP contribution >= 0.6 is 23.2 Å². The van der Waals surface area contributed by atoms with Crippen molar-refractivity contribution in [3.05, 3.63) is 87.5 Å². The van der Waals surface area contributed by atoms with Gasteiger partial charge in [0.1, 0.15) is 17.6 Å². The number of hydrogen-bond donors (Lipinski definition) is 3. The Kier molecular flexibility index (Phi) is 10.4. The zero-order valence-corrected chi connectivity index (χ0v) is 21.2. The molecule has 0 unspecified atom stereocenters. The molecular weight excluding hydrogens is 505 g/mol. The van der Waals surface area contributed by atoms with Crippen molar-refractivity contribution in [2.24, 2.45) is 0 Å². The Morgan fingerprint density at radius 3 is 2.36 bits per heavy atom. The Hall–Kier alpha value is -3.33. The third kappa shape index (κ3) is 8.12. The SMILES string of the molecule is COCCNc1cccc(CCOc2ccc(C[C@H](NC(=O)c3c(Cl)cccc3Cl)C(=O)O)cc2)n1. The van der Waals surface area contributed by atoms with E-state index >= 15 is 0 Å². The number of rotatable bonds is 13. The minimum Gasteiger partial charge on any atom is -0.493 e. The van der Waals surface area contributed by atoms with Gasteiger partial charge in [-0.2, -0.15) is 0 Å². The van der Waals surface area contributed by atoms with E-state index in [1.807, 2.05) is 18.2 Å². The molecule has 1 aromatic heterocycles. The van der Waals surface area contributed by atoms with Crippen molar-refractivity contribution >= 4 is 40.9 Å². The number of carbonyl (C=O) groups is 2. The number of amides is 1. The second kappa shape index (κ2) is 13.7. The van der Waals surface area contributed by atoms with Gasteiger partial charge in [0.15, 0.2) is 0 Å². The number of carboxylic acids is 1. The van der Waals surface area contributed by atoms with E-state index in [0.29, 0.717) is 31.9 Å². The fourth-order valence-electron chi connectivity index (χ4n) is 3.37. The first-order chi connectivity index (χ1) is 17.4. The number of ether oxygens (including phenoxy) is 2. The third-order valence-electron chi connectivity index (χ3n) is 5.20. The molecule has 0 spiro atoms. The fourth-order valence-corrected chi connectivity index (χ4v) is 3.94. The Morgan fingerprint density at radius 2 is 1.69 bits per heavy atom. The molecule has 0 saturated carbocycles. The van der Waals surface area contributed by atoms with Crippen molar-refractivity contribution in [2.75, 3.05) is 32.2 Å². The lowest BCUT2D eigenvalue weighted by Gasteiger charge is -2.16. The average molecular weight is 532 g/mol. The van der Waals surface area contributed by atoms with Gasteiger partial charge in [0, 0.05) is 32.2 Å². The van der Waals surface area contributed by atoms with E-state index in [9.17, 15) is 14.7 Å². The summed E-state index contributed by atoms with van der Waals surface area (Å²) in [5, 5.41) is 15.6. The van der Waals surface area contributed by atoms with Crippen LogP contribution in [0.1, 0.15) is 21.6 Å². The van der Waals surface area contributed by atoms with Gasteiger partial charge in [-0.3, -0.25) is 4.79 Å². The topological polar surface area (TPSA) is 110 Å². The van der Waals surface area contributed by atoms with Gasteiger partial charge in [-0.15, -0.1) is 0 Å². The molecular formula is C26H27Cl2N3O5. The lowest BCUT2D eigenvalue weighted by molar-refractivity contribution is -0.139. The number of aliphatic carboxylic acids is 1. The summed E-state index contributed by atoms with van der Waals surface area (Å²) >= 11 is 12.1. The number of pyridine rings is 1. The van der Waals surface area contributed by atoms with Gasteiger partial charge >= 0.3 is 5.97 Å². The largest absolute Gasteiger partial charge is 0.493 e. The molecule has 3 rings (SSSR count). The lowest BCUT2D eigenvalue weighted by atomic mass is 10.1. The summed E-state index contributed by atoms with van der Waals surface area (Å²) in [6.07, 6.45) is 0.704. The van der Waals surface area contributed by atoms with Crippen LogP contribution in [0.4, 0.5) is 5.82 Å². The molecule has 1 atom stereocenters. The molecule has 0 aliphatic carbocycles. The molecule has 36 heavy (non-hydrogen) atoms. The van der Waals surface area contributed by atoms with Gasteiger partial charge in [-0.05, 0) is 42.0 Å². The molecule has 0 radical (unpaired) electrons. The molecule has 1 heterocycles. The molecule has 1 amide bonds. The highest BCUT2D eigenvalue weighted by molar-refractivity contribution is 6.39. The molecule has 3 aromatic rings. The van der Waals surface area contributed by atoms with Crippen LogP contribution in [0.3, 0.4) is 0 Å². The molecule has 0 saturated heterocycles. The summed E-state index contributed by atoms with van der Waals surface area (Å²) in [5.41, 5.74) is 1.66. The van der Waals surface area contributed by atoms with E-state index in [4.69, 9.17) is 32.7 Å². The first-order valence-electron chi connectivity index (χ1n) is 11.3. The molecule has 2 aromatic carbocycles. The number of nitrogens with zero attached hydrogens (tertiary/aromatic N) is 1. The first kappa shape index (κ1) is 27.3. The highest BCUT2D eigenvalue weighted by Gasteiger charge is 2.23. The van der Waals surface area contributed by atoms with E-state index < -0.39 is 17.9 Å². The summed E-state index contributed by atoms with van der Waals surface area (Å²) < 4.78 is 10.8. The van der Waals surface area contributed by atoms with Crippen LogP contribution in [0.15, 0.2) is 60.7 Å². The van der Waals surface area contributed by atoms with Gasteiger partial charge in [-0.1, -0.05) is 47.5 Å². The van der Waals surface area contributed by atoms with Crippen LogP contribution in [0, 0.1) is 0 Å². The maximum absolute atomic E-state index is 12.6. The van der Waals surface area contributed by atoms with Gasteiger partial charge in [0.05, 0.1) is 28.8 Å². The van der Waals surface area contributed by atoms with Crippen molar-refractivity contribution in [3.8, 4) is 5.75 Å². The number of aromatic nitrogens is 1. The third-order valence-corrected chi connectivity index (χ3v) is 5.83. The monoisotopic (exact) mass is 531 g/mol. The maximum Gasteiger partial charge on any atom is 0.326 e. The normalized spacial score (nSPS) is 11.5. The number of nitrogens with one attached hydrogen (secondary N) is 2. The zero-order valence-electron chi connectivity index (χ0n) is 19.7. The summed E-state index contributed by atoms with van der Waals surface area (Å²) in [6, 6.07) is 16.3. The summed E-state index contributed by atoms with van der Waals surface area (Å²) in [4.78, 5) is 28.9. The molecule has 0 fully saturated rings. The number of hydrogen-bond acceptors (Lipinski definition) is 6. The Balaban J connectivity index is 1.52. The Bertz CT molecular complexity index is 1150. The predicted molar refractivity (Wildman–Crippen MR) is 139 cm³/mol. The number of methoxy groups -OCH3 is 1. The first-order valence-corrected chi connectivity index (χ1v) is 12.0. The Morgan fingerprint density at radius 1 is 1.00 bits per heavy atom. The maximum atomic E-state index is 12.6. The summed E-state index contributed by atoms with van der Waals surface area (Å²) in [7, 11) is 1.65. The molecule has 0 aliphatic heterocycles. The second-order valence-corrected chi connectivity index (χ2v) is 8.66. The standard InChI is InChI=1S/C26H27Cl2N3O5/c1-35-15-13-29-23-7-2-4-18(30-23)12-14-36-19-10-8-17(9-11-19)16-22(26(33)34)31-25(32)24-20(27)5-3-6-21(24)28/h2-11,22H,12-16H2,1H3,(H,29,30)(H,31,32)(H,33,34)/t22-/m0/s1. The highest BCUT2D eigenvalue weighted by atomic mass is 35.5. The van der Waals surface area contributed by atoms with E-state index in [1.165, 1.54) is 12.1 Å². The van der Waals surface area contributed by atoms with E-state index in [-0.39, 0.29) is 22.0 Å². The predicted octanol–water partition coefficient (Wildman–Crippen LogP) is 4.49. The van der Waals surface area contributed by atoms with Crippen LogP contribution in [0.25, 0.3) is 0 Å². The average Bonchev–Trinajstić information content (AvgIpc) is 2.85. The molecule has 8 nitrogen and oxygen atoms in total. The molecule has 10 heteroatoms. The van der Waals surface area contributed by atoms with Gasteiger partial charge in [0.25, 0.3) is 5.91 Å². The van der Waals surface area contributed by atoms with Crippen molar-refractivity contribution in [1.29, 1.82) is 0 Å².